The van der Waals surface area contributed by atoms with Crippen LogP contribution in [0.4, 0.5) is 0 Å². The number of hydrogen-bond acceptors (Lipinski definition) is 11. The van der Waals surface area contributed by atoms with Crippen LogP contribution in [0.5, 0.6) is 0 Å². The van der Waals surface area contributed by atoms with E-state index in [1.807, 2.05) is 116 Å². The number of aromatic nitrogens is 2. The number of rotatable bonds is 18. The van der Waals surface area contributed by atoms with Crippen LogP contribution in [-0.4, -0.2) is 143 Å². The topological polar surface area (TPSA) is 268 Å². The number of carbonyl (C=O) groups excluding carboxylic acids is 8. The molecule has 3 aromatic rings. The Kier molecular flexibility index (Phi) is 18.3. The lowest BCUT2D eigenvalue weighted by Crippen LogP contribution is -2.59. The number of carbonyl (C=O) groups is 8. The van der Waals surface area contributed by atoms with Gasteiger partial charge in [-0.3, -0.25) is 38.4 Å². The summed E-state index contributed by atoms with van der Waals surface area (Å²) in [6, 6.07) is 10.9. The van der Waals surface area contributed by atoms with E-state index in [-0.39, 0.29) is 37.3 Å². The lowest BCUT2D eigenvalue weighted by Gasteiger charge is -2.36. The Balaban J connectivity index is 1.37. The van der Waals surface area contributed by atoms with Crippen molar-refractivity contribution in [2.75, 3.05) is 27.2 Å². The molecule has 0 bridgehead atoms. The molecule has 5 rings (SSSR count). The molecule has 2 saturated heterocycles. The Hall–Kier alpha value is -6.67. The second-order valence-corrected chi connectivity index (χ2v) is 20.9. The fraction of sp³-hybridized carbons (Fsp3) is 0.549. The average Bonchev–Trinajstić information content (AvgIpc) is 4.11. The van der Waals surface area contributed by atoms with Gasteiger partial charge in [0.05, 0.1) is 30.5 Å². The first-order chi connectivity index (χ1) is 33.4. The van der Waals surface area contributed by atoms with Crippen LogP contribution < -0.4 is 42.5 Å². The summed E-state index contributed by atoms with van der Waals surface area (Å²) in [5, 5.41) is 23.3. The summed E-state index contributed by atoms with van der Waals surface area (Å²) in [4.78, 5) is 122. The van der Waals surface area contributed by atoms with Crippen molar-refractivity contribution >= 4 is 47.3 Å². The molecule has 10 atom stereocenters. The van der Waals surface area contributed by atoms with Gasteiger partial charge in [0, 0.05) is 25.2 Å². The van der Waals surface area contributed by atoms with E-state index in [0.29, 0.717) is 0 Å². The molecule has 386 valence electrons. The van der Waals surface area contributed by atoms with Crippen molar-refractivity contribution in [1.29, 1.82) is 0 Å². The number of likely N-dealkylation sites (tertiary alicyclic amines) is 2. The van der Waals surface area contributed by atoms with E-state index in [9.17, 15) is 38.4 Å². The number of hydrogen-bond donors (Lipinski definition) is 9. The van der Waals surface area contributed by atoms with Gasteiger partial charge in [0.1, 0.15) is 29.9 Å². The number of aromatic amines is 1. The minimum atomic E-state index is -1.05. The predicted octanol–water partition coefficient (Wildman–Crippen LogP) is 1.84. The number of nitrogens with zero attached hydrogens (tertiary/aromatic N) is 3. The van der Waals surface area contributed by atoms with Crippen LogP contribution in [0.25, 0.3) is 0 Å². The molecule has 2 aliphatic heterocycles. The van der Waals surface area contributed by atoms with Crippen molar-refractivity contribution in [3.05, 3.63) is 89.5 Å². The number of H-pyrrole nitrogens is 1. The highest BCUT2D eigenvalue weighted by molar-refractivity contribution is 6.05. The van der Waals surface area contributed by atoms with E-state index in [2.05, 4.69) is 52.5 Å². The highest BCUT2D eigenvalue weighted by Crippen LogP contribution is 2.29. The molecule has 0 saturated carbocycles. The maximum absolute atomic E-state index is 14.6. The minimum absolute atomic E-state index is 0.0106. The number of amides is 8. The second kappa shape index (κ2) is 23.5. The third-order valence-electron chi connectivity index (χ3n) is 13.3. The Bertz CT molecular complexity index is 2220. The molecule has 0 aliphatic carbocycles. The molecule has 2 fully saturated rings. The lowest BCUT2D eigenvalue weighted by molar-refractivity contribution is -0.144. The third-order valence-corrected chi connectivity index (χ3v) is 13.3. The van der Waals surface area contributed by atoms with Gasteiger partial charge in [-0.25, -0.2) is 4.98 Å². The van der Waals surface area contributed by atoms with Crippen molar-refractivity contribution in [1.82, 2.24) is 62.3 Å². The number of likely N-dealkylation sites (N-methyl/N-ethyl adjacent to an activating group) is 2. The van der Waals surface area contributed by atoms with Gasteiger partial charge in [0.2, 0.25) is 35.4 Å². The molecule has 2 aliphatic rings. The van der Waals surface area contributed by atoms with Crippen molar-refractivity contribution in [3.8, 4) is 0 Å². The zero-order valence-electron chi connectivity index (χ0n) is 43.1. The monoisotopic (exact) mass is 983 g/mol. The summed E-state index contributed by atoms with van der Waals surface area (Å²) < 4.78 is 0. The highest BCUT2D eigenvalue weighted by Gasteiger charge is 2.48. The standard InChI is InChI=1S/C51H74N12O8/c1-28(32-19-15-13-16-20-32)56-44(66)36-23-34(25-62(36)48(70)40(50(5,6)7)60-42(64)30(3)52-11)58-46(68)38-39(55-27-54-38)47(69)59-35-24-37(45(67)57-29(2)33-21-17-14-18-22-33)63(26-35)49(71)41(51(8,9)10)61-43(65)31(4)53-12/h13-22,27-31,34-37,40-41,52-53H,23-26H2,1-12H3,(H,54,55)(H,56,66)(H,57,67)(H,58,68)(H,59,69)(H,60,64)(H,61,65). The molecule has 8 amide bonds. The first-order valence-electron chi connectivity index (χ1n) is 24.3. The van der Waals surface area contributed by atoms with Crippen molar-refractivity contribution in [2.24, 2.45) is 10.8 Å². The summed E-state index contributed by atoms with van der Waals surface area (Å²) >= 11 is 0. The molecule has 71 heavy (non-hydrogen) atoms. The van der Waals surface area contributed by atoms with Crippen molar-refractivity contribution < 1.29 is 38.4 Å². The molecule has 1 aromatic heterocycles. The van der Waals surface area contributed by atoms with E-state index in [0.717, 1.165) is 11.1 Å². The van der Waals surface area contributed by atoms with Gasteiger partial charge in [-0.1, -0.05) is 102 Å². The molecular weight excluding hydrogens is 909 g/mol. The van der Waals surface area contributed by atoms with Gasteiger partial charge in [0.25, 0.3) is 11.8 Å². The molecule has 20 nitrogen and oxygen atoms in total. The SMILES string of the molecule is CNC(C)C(=O)NC(C(=O)N1CC(NC(=O)c2nc[nH]c2C(=O)NC2CC(C(=O)NC(C)c3ccccc3)N(C(=O)C(NC(=O)C(C)NC)C(C)(C)C)C2)CC1C(=O)NC(C)c1ccccc1)C(C)(C)C. The normalized spacial score (nSPS) is 20.6. The zero-order chi connectivity index (χ0) is 52.5. The van der Waals surface area contributed by atoms with Crippen LogP contribution in [0, 0.1) is 10.8 Å². The van der Waals surface area contributed by atoms with Crippen LogP contribution in [0.3, 0.4) is 0 Å². The van der Waals surface area contributed by atoms with Crippen LogP contribution in [0.2, 0.25) is 0 Å². The van der Waals surface area contributed by atoms with Gasteiger partial charge in [-0.05, 0) is 76.6 Å². The van der Waals surface area contributed by atoms with E-state index >= 15 is 0 Å². The number of benzene rings is 2. The Labute approximate surface area is 416 Å². The van der Waals surface area contributed by atoms with Gasteiger partial charge < -0.3 is 57.3 Å². The molecule has 10 unspecified atom stereocenters. The molecule has 20 heteroatoms. The number of nitrogens with one attached hydrogen (secondary N) is 9. The summed E-state index contributed by atoms with van der Waals surface area (Å²) in [6.45, 7) is 17.6. The molecule has 3 heterocycles. The molecule has 2 aromatic carbocycles. The maximum Gasteiger partial charge on any atom is 0.272 e. The van der Waals surface area contributed by atoms with Crippen molar-refractivity contribution in [2.45, 2.75) is 142 Å². The average molecular weight is 983 g/mol. The van der Waals surface area contributed by atoms with Gasteiger partial charge in [-0.2, -0.15) is 0 Å². The van der Waals surface area contributed by atoms with Crippen molar-refractivity contribution in [3.63, 3.8) is 0 Å². The largest absolute Gasteiger partial charge is 0.348 e. The van der Waals surface area contributed by atoms with E-state index in [1.54, 1.807) is 27.9 Å². The summed E-state index contributed by atoms with van der Waals surface area (Å²) in [5.41, 5.74) is -0.325. The summed E-state index contributed by atoms with van der Waals surface area (Å²) in [6.07, 6.45) is 1.21. The lowest BCUT2D eigenvalue weighted by atomic mass is 9.85. The van der Waals surface area contributed by atoms with Crippen LogP contribution in [-0.2, 0) is 28.8 Å². The van der Waals surface area contributed by atoms with Crippen LogP contribution in [0.15, 0.2) is 67.0 Å². The molecular formula is C51H74N12O8. The summed E-state index contributed by atoms with van der Waals surface area (Å²) in [5.74, 6) is -4.22. The first kappa shape index (κ1) is 55.3. The maximum atomic E-state index is 14.6. The van der Waals surface area contributed by atoms with Gasteiger partial charge in [-0.15, -0.1) is 0 Å². The van der Waals surface area contributed by atoms with E-state index in [4.69, 9.17) is 0 Å². The summed E-state index contributed by atoms with van der Waals surface area (Å²) in [7, 11) is 3.26. The fourth-order valence-electron chi connectivity index (χ4n) is 8.71. The molecule has 0 radical (unpaired) electrons. The van der Waals surface area contributed by atoms with Gasteiger partial charge in [0.15, 0.2) is 5.69 Å². The smallest absolute Gasteiger partial charge is 0.272 e. The molecule has 9 N–H and O–H groups in total. The van der Waals surface area contributed by atoms with Gasteiger partial charge >= 0.3 is 0 Å². The number of imidazole rings is 1. The molecule has 0 spiro atoms. The first-order valence-corrected chi connectivity index (χ1v) is 24.3. The second-order valence-electron chi connectivity index (χ2n) is 20.9. The zero-order valence-corrected chi connectivity index (χ0v) is 43.1. The Morgan fingerprint density at radius 1 is 0.577 bits per heavy atom. The highest BCUT2D eigenvalue weighted by atomic mass is 16.2. The third kappa shape index (κ3) is 13.8. The van der Waals surface area contributed by atoms with E-state index < -0.39 is 119 Å². The van der Waals surface area contributed by atoms with Crippen LogP contribution >= 0.6 is 0 Å². The predicted molar refractivity (Wildman–Crippen MR) is 267 cm³/mol. The Morgan fingerprint density at radius 2 is 0.958 bits per heavy atom. The van der Waals surface area contributed by atoms with E-state index in [1.165, 1.54) is 16.1 Å². The Morgan fingerprint density at radius 3 is 1.32 bits per heavy atom. The van der Waals surface area contributed by atoms with Crippen LogP contribution in [0.1, 0.15) is 126 Å². The fourth-order valence-corrected chi connectivity index (χ4v) is 8.71. The minimum Gasteiger partial charge on any atom is -0.348 e. The quantitative estimate of drug-likeness (QED) is 0.0888.